The van der Waals surface area contributed by atoms with Crippen LogP contribution in [0.2, 0.25) is 0 Å². The van der Waals surface area contributed by atoms with Gasteiger partial charge in [0.1, 0.15) is 5.75 Å². The van der Waals surface area contributed by atoms with Gasteiger partial charge in [-0.3, -0.25) is 4.79 Å². The predicted octanol–water partition coefficient (Wildman–Crippen LogP) is 2.56. The molecule has 0 unspecified atom stereocenters. The maximum Gasteiger partial charge on any atom is 0.257 e. The molecule has 0 aromatic heterocycles. The van der Waals surface area contributed by atoms with Crippen LogP contribution in [-0.4, -0.2) is 19.1 Å². The van der Waals surface area contributed by atoms with E-state index in [4.69, 9.17) is 10.5 Å². The van der Waals surface area contributed by atoms with Crippen LogP contribution in [0.15, 0.2) is 18.2 Å². The van der Waals surface area contributed by atoms with Gasteiger partial charge >= 0.3 is 0 Å². The van der Waals surface area contributed by atoms with Gasteiger partial charge in [0.2, 0.25) is 0 Å². The summed E-state index contributed by atoms with van der Waals surface area (Å²) in [6.45, 7) is 8.91. The van der Waals surface area contributed by atoms with E-state index in [-0.39, 0.29) is 18.6 Å². The van der Waals surface area contributed by atoms with E-state index in [1.807, 2.05) is 32.0 Å². The second-order valence-electron chi connectivity index (χ2n) is 5.63. The lowest BCUT2D eigenvalue weighted by Gasteiger charge is -2.12. The fraction of sp³-hybridized carbons (Fsp3) is 0.562. The molecule has 0 spiro atoms. The molecule has 1 aromatic carbocycles. The molecule has 1 atom stereocenters. The molecule has 1 aromatic rings. The van der Waals surface area contributed by atoms with E-state index in [2.05, 4.69) is 19.2 Å². The van der Waals surface area contributed by atoms with Gasteiger partial charge in [-0.05, 0) is 43.4 Å². The van der Waals surface area contributed by atoms with Crippen molar-refractivity contribution in [2.75, 3.05) is 13.2 Å². The highest BCUT2D eigenvalue weighted by molar-refractivity contribution is 5.77. The first-order valence-electron chi connectivity index (χ1n) is 7.15. The molecule has 1 amide bonds. The minimum absolute atomic E-state index is 0.00193. The van der Waals surface area contributed by atoms with E-state index in [1.54, 1.807) is 0 Å². The highest BCUT2D eigenvalue weighted by atomic mass is 16.5. The Morgan fingerprint density at radius 1 is 1.35 bits per heavy atom. The van der Waals surface area contributed by atoms with Crippen molar-refractivity contribution in [3.8, 4) is 5.75 Å². The molecule has 0 fully saturated rings. The number of benzene rings is 1. The zero-order valence-corrected chi connectivity index (χ0v) is 12.9. The summed E-state index contributed by atoms with van der Waals surface area (Å²) < 4.78 is 5.54. The molecule has 0 radical (unpaired) electrons. The SMILES string of the molecule is Cc1cc([C@@H](C)N)ccc1OCC(=O)NCCC(C)C. The molecule has 20 heavy (non-hydrogen) atoms. The zero-order valence-electron chi connectivity index (χ0n) is 12.9. The maximum absolute atomic E-state index is 11.6. The molecule has 4 nitrogen and oxygen atoms in total. The van der Waals surface area contributed by atoms with E-state index in [9.17, 15) is 4.79 Å². The average Bonchev–Trinajstić information content (AvgIpc) is 2.36. The second kappa shape index (κ2) is 7.90. The topological polar surface area (TPSA) is 64.3 Å². The summed E-state index contributed by atoms with van der Waals surface area (Å²) >= 11 is 0. The molecular weight excluding hydrogens is 252 g/mol. The third kappa shape index (κ3) is 5.61. The van der Waals surface area contributed by atoms with E-state index >= 15 is 0 Å². The van der Waals surface area contributed by atoms with Crippen molar-refractivity contribution in [3.05, 3.63) is 29.3 Å². The zero-order chi connectivity index (χ0) is 15.1. The lowest BCUT2D eigenvalue weighted by Crippen LogP contribution is -2.30. The Hall–Kier alpha value is -1.55. The number of hydrogen-bond acceptors (Lipinski definition) is 3. The number of nitrogens with one attached hydrogen (secondary N) is 1. The first-order valence-corrected chi connectivity index (χ1v) is 7.15. The van der Waals surface area contributed by atoms with Gasteiger partial charge in [0, 0.05) is 12.6 Å². The minimum atomic E-state index is -0.0821. The van der Waals surface area contributed by atoms with Gasteiger partial charge in [0.05, 0.1) is 0 Å². The van der Waals surface area contributed by atoms with Crippen LogP contribution >= 0.6 is 0 Å². The fourth-order valence-corrected chi connectivity index (χ4v) is 1.81. The second-order valence-corrected chi connectivity index (χ2v) is 5.63. The number of nitrogens with two attached hydrogens (primary N) is 1. The normalized spacial score (nSPS) is 12.3. The summed E-state index contributed by atoms with van der Waals surface area (Å²) in [5, 5.41) is 2.85. The van der Waals surface area contributed by atoms with E-state index in [1.165, 1.54) is 0 Å². The van der Waals surface area contributed by atoms with Gasteiger partial charge in [-0.2, -0.15) is 0 Å². The van der Waals surface area contributed by atoms with Crippen LogP contribution in [0, 0.1) is 12.8 Å². The van der Waals surface area contributed by atoms with Crippen LogP contribution in [0.4, 0.5) is 0 Å². The Bertz CT molecular complexity index is 442. The highest BCUT2D eigenvalue weighted by Crippen LogP contribution is 2.21. The van der Waals surface area contributed by atoms with Gasteiger partial charge < -0.3 is 15.8 Å². The quantitative estimate of drug-likeness (QED) is 0.805. The summed E-state index contributed by atoms with van der Waals surface area (Å²) in [6, 6.07) is 5.80. The first kappa shape index (κ1) is 16.5. The Kier molecular flexibility index (Phi) is 6.52. The van der Waals surface area contributed by atoms with Gasteiger partial charge in [-0.1, -0.05) is 26.0 Å². The molecule has 1 rings (SSSR count). The van der Waals surface area contributed by atoms with Gasteiger partial charge in [0.15, 0.2) is 6.61 Å². The number of amides is 1. The minimum Gasteiger partial charge on any atom is -0.484 e. The largest absolute Gasteiger partial charge is 0.484 e. The van der Waals surface area contributed by atoms with E-state index in [0.717, 1.165) is 23.3 Å². The Morgan fingerprint density at radius 2 is 2.05 bits per heavy atom. The summed E-state index contributed by atoms with van der Waals surface area (Å²) in [5.74, 6) is 1.24. The van der Waals surface area contributed by atoms with Crippen molar-refractivity contribution < 1.29 is 9.53 Å². The Labute approximate surface area is 121 Å². The predicted molar refractivity (Wildman–Crippen MR) is 81.7 cm³/mol. The molecule has 0 heterocycles. The molecular formula is C16H26N2O2. The van der Waals surface area contributed by atoms with Crippen molar-refractivity contribution in [1.29, 1.82) is 0 Å². The van der Waals surface area contributed by atoms with Crippen LogP contribution in [0.1, 0.15) is 44.4 Å². The van der Waals surface area contributed by atoms with Gasteiger partial charge in [-0.15, -0.1) is 0 Å². The lowest BCUT2D eigenvalue weighted by molar-refractivity contribution is -0.123. The molecule has 0 aliphatic carbocycles. The fourth-order valence-electron chi connectivity index (χ4n) is 1.81. The Balaban J connectivity index is 2.43. The summed E-state index contributed by atoms with van der Waals surface area (Å²) in [4.78, 5) is 11.6. The molecule has 0 aliphatic rings. The number of rotatable bonds is 7. The third-order valence-corrected chi connectivity index (χ3v) is 3.13. The summed E-state index contributed by atoms with van der Waals surface area (Å²) in [7, 11) is 0. The number of carbonyl (C=O) groups is 1. The van der Waals surface area contributed by atoms with Crippen molar-refractivity contribution in [2.24, 2.45) is 11.7 Å². The molecule has 3 N–H and O–H groups in total. The molecule has 4 heteroatoms. The Morgan fingerprint density at radius 3 is 2.60 bits per heavy atom. The maximum atomic E-state index is 11.6. The molecule has 0 bridgehead atoms. The molecule has 0 aliphatic heterocycles. The third-order valence-electron chi connectivity index (χ3n) is 3.13. The molecule has 0 saturated carbocycles. The average molecular weight is 278 g/mol. The number of carbonyl (C=O) groups excluding carboxylic acids is 1. The molecule has 0 saturated heterocycles. The number of ether oxygens (including phenoxy) is 1. The van der Waals surface area contributed by atoms with Crippen LogP contribution in [-0.2, 0) is 4.79 Å². The standard InChI is InChI=1S/C16H26N2O2/c1-11(2)7-8-18-16(19)10-20-15-6-5-14(13(4)17)9-12(15)3/h5-6,9,11,13H,7-8,10,17H2,1-4H3,(H,18,19)/t13-/m1/s1. The van der Waals surface area contributed by atoms with Gasteiger partial charge in [0.25, 0.3) is 5.91 Å². The number of aryl methyl sites for hydroxylation is 1. The van der Waals surface area contributed by atoms with E-state index < -0.39 is 0 Å². The van der Waals surface area contributed by atoms with Gasteiger partial charge in [-0.25, -0.2) is 0 Å². The lowest BCUT2D eigenvalue weighted by atomic mass is 10.1. The van der Waals surface area contributed by atoms with Crippen molar-refractivity contribution in [3.63, 3.8) is 0 Å². The highest BCUT2D eigenvalue weighted by Gasteiger charge is 2.07. The first-order chi connectivity index (χ1) is 9.40. The monoisotopic (exact) mass is 278 g/mol. The van der Waals surface area contributed by atoms with Crippen molar-refractivity contribution in [1.82, 2.24) is 5.32 Å². The van der Waals surface area contributed by atoms with Crippen molar-refractivity contribution >= 4 is 5.91 Å². The van der Waals surface area contributed by atoms with E-state index in [0.29, 0.717) is 12.5 Å². The molecule has 112 valence electrons. The van der Waals surface area contributed by atoms with Crippen LogP contribution in [0.25, 0.3) is 0 Å². The van der Waals surface area contributed by atoms with Crippen LogP contribution in [0.3, 0.4) is 0 Å². The summed E-state index contributed by atoms with van der Waals surface area (Å²) in [5.41, 5.74) is 7.89. The number of hydrogen-bond donors (Lipinski definition) is 2. The smallest absolute Gasteiger partial charge is 0.257 e. The van der Waals surface area contributed by atoms with Crippen molar-refractivity contribution in [2.45, 2.75) is 40.2 Å². The van der Waals surface area contributed by atoms with Crippen LogP contribution < -0.4 is 15.8 Å². The van der Waals surface area contributed by atoms with Crippen LogP contribution in [0.5, 0.6) is 5.75 Å². The summed E-state index contributed by atoms with van der Waals surface area (Å²) in [6.07, 6.45) is 0.980.